The highest BCUT2D eigenvalue weighted by molar-refractivity contribution is 7.90. The average Bonchev–Trinajstić information content (AvgIpc) is 3.19. The van der Waals surface area contributed by atoms with Crippen LogP contribution in [0.15, 0.2) is 53.6 Å². The van der Waals surface area contributed by atoms with Gasteiger partial charge >= 0.3 is 6.09 Å². The number of sulfone groups is 1. The number of fused-ring (bicyclic) bond motifs is 1. The Balaban J connectivity index is 1.37. The average molecular weight is 486 g/mol. The standard InChI is InChI=1S/C25H31N3O5S/c1-25(2,3)33-24(29)27-13-11-20(12-14-27)28-23-10-5-18(15-19(23)16-26-28)17-32-21-6-8-22(9-7-21)34(4,30)31/h5-10,15-16,20H,11-14,17H2,1-4H3. The molecule has 1 aliphatic heterocycles. The van der Waals surface area contributed by atoms with Crippen LogP contribution < -0.4 is 4.74 Å². The minimum Gasteiger partial charge on any atom is -0.489 e. The van der Waals surface area contributed by atoms with Gasteiger partial charge in [0.25, 0.3) is 0 Å². The lowest BCUT2D eigenvalue weighted by molar-refractivity contribution is 0.0186. The van der Waals surface area contributed by atoms with E-state index >= 15 is 0 Å². The lowest BCUT2D eigenvalue weighted by atomic mass is 10.1. The summed E-state index contributed by atoms with van der Waals surface area (Å²) in [6, 6.07) is 12.8. The topological polar surface area (TPSA) is 90.7 Å². The number of aromatic nitrogens is 2. The van der Waals surface area contributed by atoms with E-state index in [0.717, 1.165) is 29.3 Å². The number of rotatable bonds is 5. The van der Waals surface area contributed by atoms with E-state index < -0.39 is 15.4 Å². The predicted octanol–water partition coefficient (Wildman–Crippen LogP) is 4.59. The largest absolute Gasteiger partial charge is 0.489 e. The Bertz CT molecular complexity index is 1270. The van der Waals surface area contributed by atoms with Crippen molar-refractivity contribution in [1.29, 1.82) is 0 Å². The van der Waals surface area contributed by atoms with Crippen molar-refractivity contribution in [1.82, 2.24) is 14.7 Å². The third kappa shape index (κ3) is 5.70. The molecule has 0 unspecified atom stereocenters. The van der Waals surface area contributed by atoms with Crippen molar-refractivity contribution >= 4 is 26.8 Å². The third-order valence-corrected chi connectivity index (χ3v) is 6.91. The molecule has 1 aliphatic rings. The van der Waals surface area contributed by atoms with E-state index in [1.807, 2.05) is 39.1 Å². The van der Waals surface area contributed by atoms with Crippen molar-refractivity contribution in [3.63, 3.8) is 0 Å². The zero-order valence-electron chi connectivity index (χ0n) is 20.0. The molecule has 0 N–H and O–H groups in total. The Morgan fingerprint density at radius 1 is 1.09 bits per heavy atom. The van der Waals surface area contributed by atoms with Crippen LogP contribution in [0.1, 0.15) is 45.2 Å². The van der Waals surface area contributed by atoms with Crippen molar-refractivity contribution in [3.8, 4) is 5.75 Å². The van der Waals surface area contributed by atoms with Gasteiger partial charge in [0.2, 0.25) is 0 Å². The fraction of sp³-hybridized carbons (Fsp3) is 0.440. The van der Waals surface area contributed by atoms with Gasteiger partial charge < -0.3 is 14.4 Å². The first-order chi connectivity index (χ1) is 16.0. The van der Waals surface area contributed by atoms with Crippen molar-refractivity contribution < 1.29 is 22.7 Å². The van der Waals surface area contributed by atoms with Crippen LogP contribution in [-0.2, 0) is 21.2 Å². The number of carbonyl (C=O) groups is 1. The highest BCUT2D eigenvalue weighted by Gasteiger charge is 2.28. The molecule has 0 atom stereocenters. The molecule has 1 aromatic heterocycles. The van der Waals surface area contributed by atoms with Gasteiger partial charge in [0.1, 0.15) is 18.0 Å². The molecular formula is C25H31N3O5S. The van der Waals surface area contributed by atoms with Gasteiger partial charge in [-0.2, -0.15) is 5.10 Å². The van der Waals surface area contributed by atoms with Crippen LogP contribution in [0.4, 0.5) is 4.79 Å². The molecule has 0 aliphatic carbocycles. The van der Waals surface area contributed by atoms with Crippen molar-refractivity contribution in [2.24, 2.45) is 0 Å². The monoisotopic (exact) mass is 485 g/mol. The minimum absolute atomic E-state index is 0.228. The normalized spacial score (nSPS) is 15.5. The Labute approximate surface area is 200 Å². The molecular weight excluding hydrogens is 454 g/mol. The number of amides is 1. The molecule has 0 radical (unpaired) electrons. The quantitative estimate of drug-likeness (QED) is 0.525. The van der Waals surface area contributed by atoms with E-state index in [2.05, 4.69) is 15.8 Å². The van der Waals surface area contributed by atoms with Crippen LogP contribution in [0.5, 0.6) is 5.75 Å². The molecule has 34 heavy (non-hydrogen) atoms. The summed E-state index contributed by atoms with van der Waals surface area (Å²) in [5.41, 5.74) is 1.56. The van der Waals surface area contributed by atoms with Crippen molar-refractivity contribution in [2.45, 2.75) is 56.8 Å². The Morgan fingerprint density at radius 2 is 1.76 bits per heavy atom. The van der Waals surface area contributed by atoms with Crippen LogP contribution in [0.25, 0.3) is 10.9 Å². The summed E-state index contributed by atoms with van der Waals surface area (Å²) in [6.45, 7) is 7.29. The van der Waals surface area contributed by atoms with Crippen molar-refractivity contribution in [2.75, 3.05) is 19.3 Å². The number of carbonyl (C=O) groups excluding carboxylic acids is 1. The van der Waals surface area contributed by atoms with Crippen LogP contribution in [0.3, 0.4) is 0 Å². The maximum absolute atomic E-state index is 12.3. The molecule has 8 nitrogen and oxygen atoms in total. The molecule has 3 aromatic rings. The van der Waals surface area contributed by atoms with E-state index in [9.17, 15) is 13.2 Å². The number of ether oxygens (including phenoxy) is 2. The summed E-state index contributed by atoms with van der Waals surface area (Å²) in [7, 11) is -3.22. The van der Waals surface area contributed by atoms with E-state index in [1.54, 1.807) is 29.2 Å². The highest BCUT2D eigenvalue weighted by Crippen LogP contribution is 2.28. The molecule has 2 aromatic carbocycles. The number of likely N-dealkylation sites (tertiary alicyclic amines) is 1. The predicted molar refractivity (Wildman–Crippen MR) is 130 cm³/mol. The molecule has 1 amide bonds. The van der Waals surface area contributed by atoms with Crippen LogP contribution in [-0.4, -0.2) is 54.1 Å². The molecule has 182 valence electrons. The SMILES string of the molecule is CC(C)(C)OC(=O)N1CCC(n2ncc3cc(COc4ccc(S(C)(=O)=O)cc4)ccc32)CC1. The van der Waals surface area contributed by atoms with Gasteiger partial charge in [-0.25, -0.2) is 13.2 Å². The zero-order chi connectivity index (χ0) is 24.5. The lowest BCUT2D eigenvalue weighted by Gasteiger charge is -2.33. The van der Waals surface area contributed by atoms with Gasteiger partial charge in [-0.15, -0.1) is 0 Å². The fourth-order valence-electron chi connectivity index (χ4n) is 4.05. The van der Waals surface area contributed by atoms with E-state index in [-0.39, 0.29) is 17.0 Å². The van der Waals surface area contributed by atoms with Crippen LogP contribution >= 0.6 is 0 Å². The van der Waals surface area contributed by atoms with E-state index in [1.165, 1.54) is 6.26 Å². The summed E-state index contributed by atoms with van der Waals surface area (Å²) >= 11 is 0. The van der Waals surface area contributed by atoms with Gasteiger partial charge in [-0.3, -0.25) is 4.68 Å². The van der Waals surface area contributed by atoms with Crippen LogP contribution in [0, 0.1) is 0 Å². The van der Waals surface area contributed by atoms with Gasteiger partial charge in [-0.1, -0.05) is 6.07 Å². The summed E-state index contributed by atoms with van der Waals surface area (Å²) in [6.07, 6.45) is 4.43. The van der Waals surface area contributed by atoms with E-state index in [4.69, 9.17) is 9.47 Å². The highest BCUT2D eigenvalue weighted by atomic mass is 32.2. The van der Waals surface area contributed by atoms with Gasteiger partial charge in [0.15, 0.2) is 9.84 Å². The Morgan fingerprint density at radius 3 is 2.38 bits per heavy atom. The molecule has 1 fully saturated rings. The summed E-state index contributed by atoms with van der Waals surface area (Å²) in [5, 5.41) is 5.66. The maximum Gasteiger partial charge on any atom is 0.410 e. The fourth-order valence-corrected chi connectivity index (χ4v) is 4.68. The summed E-state index contributed by atoms with van der Waals surface area (Å²) < 4.78 is 36.5. The Kier molecular flexibility index (Phi) is 6.58. The first-order valence-corrected chi connectivity index (χ1v) is 13.3. The minimum atomic E-state index is -3.22. The van der Waals surface area contributed by atoms with Crippen molar-refractivity contribution in [3.05, 3.63) is 54.2 Å². The number of hydrogen-bond donors (Lipinski definition) is 0. The first-order valence-electron chi connectivity index (χ1n) is 11.4. The van der Waals surface area contributed by atoms with Gasteiger partial charge in [0.05, 0.1) is 22.7 Å². The second-order valence-electron chi connectivity index (χ2n) is 9.71. The second kappa shape index (κ2) is 9.29. The Hall–Kier alpha value is -3.07. The molecule has 1 saturated heterocycles. The van der Waals surface area contributed by atoms with Crippen LogP contribution in [0.2, 0.25) is 0 Å². The number of nitrogens with zero attached hydrogens (tertiary/aromatic N) is 3. The zero-order valence-corrected chi connectivity index (χ0v) is 20.8. The maximum atomic E-state index is 12.3. The summed E-state index contributed by atoms with van der Waals surface area (Å²) in [5.74, 6) is 0.611. The molecule has 2 heterocycles. The smallest absolute Gasteiger partial charge is 0.410 e. The summed E-state index contributed by atoms with van der Waals surface area (Å²) in [4.78, 5) is 14.4. The molecule has 0 saturated carbocycles. The molecule has 4 rings (SSSR count). The van der Waals surface area contributed by atoms with E-state index in [0.29, 0.717) is 25.4 Å². The first kappa shape index (κ1) is 24.1. The number of benzene rings is 2. The number of piperidine rings is 1. The third-order valence-electron chi connectivity index (χ3n) is 5.78. The number of hydrogen-bond acceptors (Lipinski definition) is 6. The molecule has 0 bridgehead atoms. The lowest BCUT2D eigenvalue weighted by Crippen LogP contribution is -2.42. The molecule has 9 heteroatoms. The molecule has 0 spiro atoms. The van der Waals surface area contributed by atoms with Gasteiger partial charge in [-0.05, 0) is 75.6 Å². The second-order valence-corrected chi connectivity index (χ2v) is 11.7. The van der Waals surface area contributed by atoms with Gasteiger partial charge in [0, 0.05) is 24.7 Å².